The van der Waals surface area contributed by atoms with Crippen molar-refractivity contribution in [1.82, 2.24) is 5.32 Å². The summed E-state index contributed by atoms with van der Waals surface area (Å²) in [5.74, 6) is 0.526. The average Bonchev–Trinajstić information content (AvgIpc) is 2.36. The topological polar surface area (TPSA) is 24.1 Å². The van der Waals surface area contributed by atoms with E-state index in [1.807, 2.05) is 13.0 Å². The summed E-state index contributed by atoms with van der Waals surface area (Å²) in [6.45, 7) is 10.9. The predicted octanol–water partition coefficient (Wildman–Crippen LogP) is 4.06. The molecule has 0 amide bonds. The number of rotatable bonds is 5. The van der Waals surface area contributed by atoms with E-state index < -0.39 is 0 Å². The highest BCUT2D eigenvalue weighted by Gasteiger charge is 2.09. The zero-order chi connectivity index (χ0) is 13.5. The van der Waals surface area contributed by atoms with Crippen LogP contribution in [0.1, 0.15) is 38.7 Å². The van der Waals surface area contributed by atoms with Crippen LogP contribution in [-0.4, -0.2) is 11.7 Å². The van der Waals surface area contributed by atoms with E-state index in [9.17, 15) is 0 Å². The van der Waals surface area contributed by atoms with Crippen molar-refractivity contribution in [2.24, 2.45) is 0 Å². The van der Waals surface area contributed by atoms with Crippen LogP contribution in [0.15, 0.2) is 36.4 Å². The van der Waals surface area contributed by atoms with Gasteiger partial charge in [0.25, 0.3) is 0 Å². The molecule has 0 aromatic heterocycles. The molecule has 2 N–H and O–H groups in total. The van der Waals surface area contributed by atoms with Crippen molar-refractivity contribution < 1.29 is 0 Å². The second-order valence-electron chi connectivity index (χ2n) is 4.66. The molecule has 0 aliphatic carbocycles. The Labute approximate surface area is 115 Å². The van der Waals surface area contributed by atoms with Gasteiger partial charge in [-0.1, -0.05) is 44.2 Å². The number of hydrogen-bond acceptors (Lipinski definition) is 1. The van der Waals surface area contributed by atoms with Gasteiger partial charge in [-0.3, -0.25) is 0 Å². The van der Waals surface area contributed by atoms with Gasteiger partial charge >= 0.3 is 0 Å². The summed E-state index contributed by atoms with van der Waals surface area (Å²) in [5, 5.41) is 7.04. The molecule has 0 bridgehead atoms. The summed E-state index contributed by atoms with van der Waals surface area (Å²) in [6, 6.07) is 8.31. The molecule has 0 radical (unpaired) electrons. The third kappa shape index (κ3) is 4.49. The van der Waals surface area contributed by atoms with E-state index in [2.05, 4.69) is 49.3 Å². The summed E-state index contributed by atoms with van der Waals surface area (Å²) >= 11 is 5.27. The van der Waals surface area contributed by atoms with Gasteiger partial charge in [0.15, 0.2) is 5.11 Å². The minimum absolute atomic E-state index is 0.526. The number of benzene rings is 1. The lowest BCUT2D eigenvalue weighted by Crippen LogP contribution is -2.30. The molecular formula is C15H22N2S. The maximum Gasteiger partial charge on any atom is 0.171 e. The SMILES string of the molecule is C=C(C)CNC(=S)Nc1ccccc1C(C)CC. The van der Waals surface area contributed by atoms with Crippen LogP contribution in [0.4, 0.5) is 5.69 Å². The van der Waals surface area contributed by atoms with E-state index in [0.717, 1.165) is 17.7 Å². The molecule has 0 saturated heterocycles. The van der Waals surface area contributed by atoms with Crippen LogP contribution < -0.4 is 10.6 Å². The summed E-state index contributed by atoms with van der Waals surface area (Å²) in [4.78, 5) is 0. The molecule has 0 aliphatic heterocycles. The largest absolute Gasteiger partial charge is 0.359 e. The normalized spacial score (nSPS) is 11.7. The highest BCUT2D eigenvalue weighted by molar-refractivity contribution is 7.80. The van der Waals surface area contributed by atoms with Crippen molar-refractivity contribution in [3.8, 4) is 0 Å². The van der Waals surface area contributed by atoms with Crippen LogP contribution in [0.2, 0.25) is 0 Å². The molecule has 0 spiro atoms. The molecule has 1 unspecified atom stereocenters. The number of thiocarbonyl (C=S) groups is 1. The Morgan fingerprint density at radius 1 is 1.39 bits per heavy atom. The van der Waals surface area contributed by atoms with Gasteiger partial charge in [-0.05, 0) is 43.1 Å². The maximum atomic E-state index is 5.27. The number of hydrogen-bond donors (Lipinski definition) is 2. The Morgan fingerprint density at radius 3 is 2.67 bits per heavy atom. The van der Waals surface area contributed by atoms with Crippen LogP contribution in [-0.2, 0) is 0 Å². The highest BCUT2D eigenvalue weighted by atomic mass is 32.1. The number of para-hydroxylation sites is 1. The summed E-state index contributed by atoms with van der Waals surface area (Å²) < 4.78 is 0. The second kappa shape index (κ2) is 7.17. The van der Waals surface area contributed by atoms with Gasteiger partial charge in [0.1, 0.15) is 0 Å². The Balaban J connectivity index is 2.72. The van der Waals surface area contributed by atoms with Crippen molar-refractivity contribution in [3.05, 3.63) is 42.0 Å². The fourth-order valence-electron chi connectivity index (χ4n) is 1.66. The molecule has 0 fully saturated rings. The third-order valence-corrected chi connectivity index (χ3v) is 3.15. The van der Waals surface area contributed by atoms with Gasteiger partial charge in [-0.15, -0.1) is 0 Å². The van der Waals surface area contributed by atoms with Crippen molar-refractivity contribution in [2.75, 3.05) is 11.9 Å². The zero-order valence-electron chi connectivity index (χ0n) is 11.4. The molecule has 98 valence electrons. The molecule has 1 aromatic rings. The minimum atomic E-state index is 0.526. The summed E-state index contributed by atoms with van der Waals surface area (Å²) in [5.41, 5.74) is 3.46. The molecule has 0 aliphatic rings. The van der Waals surface area contributed by atoms with Gasteiger partial charge in [-0.2, -0.15) is 0 Å². The van der Waals surface area contributed by atoms with Gasteiger partial charge in [0.05, 0.1) is 0 Å². The van der Waals surface area contributed by atoms with Gasteiger partial charge in [0.2, 0.25) is 0 Å². The molecule has 0 heterocycles. The molecule has 18 heavy (non-hydrogen) atoms. The Morgan fingerprint density at radius 2 is 2.06 bits per heavy atom. The summed E-state index contributed by atoms with van der Waals surface area (Å²) in [7, 11) is 0. The van der Waals surface area contributed by atoms with Gasteiger partial charge in [0, 0.05) is 12.2 Å². The van der Waals surface area contributed by atoms with E-state index in [1.54, 1.807) is 0 Å². The first-order chi connectivity index (χ1) is 8.54. The van der Waals surface area contributed by atoms with Crippen molar-refractivity contribution in [1.29, 1.82) is 0 Å². The lowest BCUT2D eigenvalue weighted by molar-refractivity contribution is 0.735. The second-order valence-corrected chi connectivity index (χ2v) is 5.07. The fraction of sp³-hybridized carbons (Fsp3) is 0.400. The molecule has 1 rings (SSSR count). The number of nitrogens with one attached hydrogen (secondary N) is 2. The predicted molar refractivity (Wildman–Crippen MR) is 84.2 cm³/mol. The standard InChI is InChI=1S/C15H22N2S/c1-5-12(4)13-8-6-7-9-14(13)17-15(18)16-10-11(2)3/h6-9,12H,2,5,10H2,1,3-4H3,(H2,16,17,18). The van der Waals surface area contributed by atoms with E-state index in [4.69, 9.17) is 12.2 Å². The van der Waals surface area contributed by atoms with Crippen molar-refractivity contribution in [3.63, 3.8) is 0 Å². The minimum Gasteiger partial charge on any atom is -0.359 e. The van der Waals surface area contributed by atoms with E-state index in [1.165, 1.54) is 5.56 Å². The van der Waals surface area contributed by atoms with E-state index >= 15 is 0 Å². The first-order valence-corrected chi connectivity index (χ1v) is 6.73. The van der Waals surface area contributed by atoms with E-state index in [0.29, 0.717) is 17.6 Å². The Kier molecular flexibility index (Phi) is 5.86. The third-order valence-electron chi connectivity index (χ3n) is 2.90. The van der Waals surface area contributed by atoms with Crippen LogP contribution in [0, 0.1) is 0 Å². The smallest absolute Gasteiger partial charge is 0.171 e. The quantitative estimate of drug-likeness (QED) is 0.618. The van der Waals surface area contributed by atoms with Crippen molar-refractivity contribution >= 4 is 23.0 Å². The molecule has 2 nitrogen and oxygen atoms in total. The first-order valence-electron chi connectivity index (χ1n) is 6.32. The molecule has 0 saturated carbocycles. The lowest BCUT2D eigenvalue weighted by Gasteiger charge is -2.17. The number of anilines is 1. The fourth-order valence-corrected chi connectivity index (χ4v) is 1.84. The van der Waals surface area contributed by atoms with Crippen LogP contribution >= 0.6 is 12.2 Å². The van der Waals surface area contributed by atoms with Gasteiger partial charge < -0.3 is 10.6 Å². The molecule has 1 atom stereocenters. The Bertz CT molecular complexity index is 426. The van der Waals surface area contributed by atoms with Crippen molar-refractivity contribution in [2.45, 2.75) is 33.1 Å². The van der Waals surface area contributed by atoms with Crippen LogP contribution in [0.25, 0.3) is 0 Å². The molecule has 3 heteroatoms. The zero-order valence-corrected chi connectivity index (χ0v) is 12.2. The van der Waals surface area contributed by atoms with Crippen LogP contribution in [0.3, 0.4) is 0 Å². The lowest BCUT2D eigenvalue weighted by atomic mass is 9.97. The Hall–Kier alpha value is -1.35. The van der Waals surface area contributed by atoms with Gasteiger partial charge in [-0.25, -0.2) is 0 Å². The monoisotopic (exact) mass is 262 g/mol. The van der Waals surface area contributed by atoms with E-state index in [-0.39, 0.29) is 0 Å². The molecule has 1 aromatic carbocycles. The molecular weight excluding hydrogens is 240 g/mol. The maximum absolute atomic E-state index is 5.27. The average molecular weight is 262 g/mol. The highest BCUT2D eigenvalue weighted by Crippen LogP contribution is 2.26. The first kappa shape index (κ1) is 14.7. The van der Waals surface area contributed by atoms with Crippen LogP contribution in [0.5, 0.6) is 0 Å². The summed E-state index contributed by atoms with van der Waals surface area (Å²) in [6.07, 6.45) is 1.12.